The molecule has 5 rings (SSSR count). The Morgan fingerprint density at radius 1 is 0.946 bits per heavy atom. The molecule has 7 heteroatoms. The first-order chi connectivity index (χ1) is 18.0. The van der Waals surface area contributed by atoms with E-state index in [4.69, 9.17) is 35.5 Å². The summed E-state index contributed by atoms with van der Waals surface area (Å²) in [4.78, 5) is 18.4. The molecule has 0 spiro atoms. The second kappa shape index (κ2) is 10.5. The molecule has 0 saturated carbocycles. The van der Waals surface area contributed by atoms with E-state index in [1.54, 1.807) is 27.4 Å². The van der Waals surface area contributed by atoms with Gasteiger partial charge in [0.1, 0.15) is 6.61 Å². The van der Waals surface area contributed by atoms with E-state index in [2.05, 4.69) is 6.08 Å². The number of hydrogen-bond donors (Lipinski definition) is 0. The summed E-state index contributed by atoms with van der Waals surface area (Å²) in [7, 11) is 4.76. The number of allylic oxidation sites excluding steroid dienone is 1. The third kappa shape index (κ3) is 4.72. The predicted octanol–water partition coefficient (Wildman–Crippen LogP) is 6.76. The predicted molar refractivity (Wildman–Crippen MR) is 145 cm³/mol. The summed E-state index contributed by atoms with van der Waals surface area (Å²) in [6, 6.07) is 18.8. The first-order valence-electron chi connectivity index (χ1n) is 11.9. The number of methoxy groups -OCH3 is 3. The number of halogens is 1. The minimum Gasteiger partial charge on any atom is -0.493 e. The van der Waals surface area contributed by atoms with Crippen LogP contribution in [0.4, 0.5) is 0 Å². The zero-order valence-electron chi connectivity index (χ0n) is 20.8. The molecule has 0 fully saturated rings. The van der Waals surface area contributed by atoms with Crippen LogP contribution in [0.1, 0.15) is 39.2 Å². The molecule has 188 valence electrons. The van der Waals surface area contributed by atoms with Crippen molar-refractivity contribution in [2.75, 3.05) is 21.3 Å². The molecule has 1 aliphatic rings. The second-order valence-corrected chi connectivity index (χ2v) is 9.03. The van der Waals surface area contributed by atoms with Gasteiger partial charge in [-0.1, -0.05) is 48.0 Å². The number of para-hydroxylation sites is 1. The number of fused-ring (bicyclic) bond motifs is 2. The summed E-state index contributed by atoms with van der Waals surface area (Å²) in [5.41, 5.74) is 5.66. The van der Waals surface area contributed by atoms with Crippen LogP contribution in [0.15, 0.2) is 60.7 Å². The summed E-state index contributed by atoms with van der Waals surface area (Å²) in [6.07, 6.45) is 3.47. The van der Waals surface area contributed by atoms with E-state index in [0.29, 0.717) is 34.3 Å². The average molecular weight is 516 g/mol. The third-order valence-electron chi connectivity index (χ3n) is 6.49. The first kappa shape index (κ1) is 24.7. The molecule has 1 aromatic heterocycles. The molecule has 4 aromatic rings. The first-order valence-corrected chi connectivity index (χ1v) is 12.2. The van der Waals surface area contributed by atoms with Gasteiger partial charge in [0.15, 0.2) is 11.5 Å². The van der Waals surface area contributed by atoms with Crippen molar-refractivity contribution in [3.63, 3.8) is 0 Å². The zero-order chi connectivity index (χ0) is 25.9. The fourth-order valence-electron chi connectivity index (χ4n) is 4.73. The lowest BCUT2D eigenvalue weighted by Crippen LogP contribution is -2.10. The number of pyridine rings is 1. The zero-order valence-corrected chi connectivity index (χ0v) is 21.6. The van der Waals surface area contributed by atoms with Gasteiger partial charge in [0.25, 0.3) is 0 Å². The smallest absolute Gasteiger partial charge is 0.339 e. The van der Waals surface area contributed by atoms with Crippen molar-refractivity contribution in [1.82, 2.24) is 4.98 Å². The normalized spacial score (nSPS) is 13.5. The van der Waals surface area contributed by atoms with Crippen molar-refractivity contribution in [3.05, 3.63) is 93.6 Å². The maximum absolute atomic E-state index is 13.4. The molecule has 0 bridgehead atoms. The molecule has 0 saturated heterocycles. The lowest BCUT2D eigenvalue weighted by molar-refractivity contribution is 0.0474. The molecule has 0 atom stereocenters. The standard InChI is InChI=1S/C30H26ClNO5/c1-34-25-15-18(16-26(35-2)29(25)36-3)14-19-12-13-22-27(21-9-5-7-11-24(21)32-28(19)22)30(33)37-17-20-8-4-6-10-23(20)31/h4-11,14-16H,12-13,17H2,1-3H3/b19-14+. The average Bonchev–Trinajstić information content (AvgIpc) is 3.32. The Bertz CT molecular complexity index is 1500. The van der Waals surface area contributed by atoms with Crippen LogP contribution >= 0.6 is 11.6 Å². The SMILES string of the molecule is COc1cc(/C=C2\CCc3c2nc2ccccc2c3C(=O)OCc2ccccc2Cl)cc(OC)c1OC. The number of ether oxygens (including phenoxy) is 4. The lowest BCUT2D eigenvalue weighted by atomic mass is 10.0. The topological polar surface area (TPSA) is 66.9 Å². The number of carbonyl (C=O) groups excluding carboxylic acids is 1. The van der Waals surface area contributed by atoms with E-state index >= 15 is 0 Å². The van der Waals surface area contributed by atoms with Gasteiger partial charge >= 0.3 is 5.97 Å². The van der Waals surface area contributed by atoms with Crippen LogP contribution in [0.25, 0.3) is 22.6 Å². The Morgan fingerprint density at radius 3 is 2.35 bits per heavy atom. The van der Waals surface area contributed by atoms with E-state index < -0.39 is 0 Å². The van der Waals surface area contributed by atoms with Crippen LogP contribution in [0.2, 0.25) is 5.02 Å². The van der Waals surface area contributed by atoms with Gasteiger partial charge in [0.05, 0.1) is 38.1 Å². The molecule has 1 heterocycles. The highest BCUT2D eigenvalue weighted by Gasteiger charge is 2.28. The van der Waals surface area contributed by atoms with Gasteiger partial charge in [0, 0.05) is 16.0 Å². The Balaban J connectivity index is 1.56. The van der Waals surface area contributed by atoms with Crippen molar-refractivity contribution < 1.29 is 23.7 Å². The molecule has 6 nitrogen and oxygen atoms in total. The van der Waals surface area contributed by atoms with Crippen LogP contribution < -0.4 is 14.2 Å². The third-order valence-corrected chi connectivity index (χ3v) is 6.86. The van der Waals surface area contributed by atoms with E-state index in [1.165, 1.54) is 0 Å². The van der Waals surface area contributed by atoms with Crippen molar-refractivity contribution in [3.8, 4) is 17.2 Å². The molecular weight excluding hydrogens is 490 g/mol. The number of nitrogens with zero attached hydrogens (tertiary/aromatic N) is 1. The summed E-state index contributed by atoms with van der Waals surface area (Å²) in [5, 5.41) is 1.34. The molecule has 0 N–H and O–H groups in total. The van der Waals surface area contributed by atoms with Gasteiger partial charge in [-0.3, -0.25) is 0 Å². The van der Waals surface area contributed by atoms with Crippen molar-refractivity contribution in [2.24, 2.45) is 0 Å². The van der Waals surface area contributed by atoms with Crippen molar-refractivity contribution in [2.45, 2.75) is 19.4 Å². The maximum atomic E-state index is 13.4. The monoisotopic (exact) mass is 515 g/mol. The molecule has 0 unspecified atom stereocenters. The molecule has 3 aromatic carbocycles. The number of aromatic nitrogens is 1. The molecule has 0 radical (unpaired) electrons. The summed E-state index contributed by atoms with van der Waals surface area (Å²) in [6.45, 7) is 0.0953. The van der Waals surface area contributed by atoms with E-state index in [9.17, 15) is 4.79 Å². The Hall–Kier alpha value is -4.03. The largest absolute Gasteiger partial charge is 0.493 e. The Kier molecular flexibility index (Phi) is 7.01. The van der Waals surface area contributed by atoms with E-state index in [1.807, 2.05) is 54.6 Å². The Labute approximate surface area is 220 Å². The van der Waals surface area contributed by atoms with Crippen molar-refractivity contribution in [1.29, 1.82) is 0 Å². The number of esters is 1. The molecule has 0 amide bonds. The minimum absolute atomic E-state index is 0.0953. The highest BCUT2D eigenvalue weighted by Crippen LogP contribution is 2.41. The highest BCUT2D eigenvalue weighted by atomic mass is 35.5. The molecule has 1 aliphatic carbocycles. The van der Waals surface area contributed by atoms with Gasteiger partial charge in [-0.25, -0.2) is 9.78 Å². The fraction of sp³-hybridized carbons (Fsp3) is 0.200. The second-order valence-electron chi connectivity index (χ2n) is 8.63. The van der Waals surface area contributed by atoms with E-state index in [0.717, 1.165) is 45.3 Å². The van der Waals surface area contributed by atoms with Gasteiger partial charge < -0.3 is 18.9 Å². The van der Waals surface area contributed by atoms with Gasteiger partial charge in [-0.15, -0.1) is 0 Å². The van der Waals surface area contributed by atoms with Crippen LogP contribution in [0.5, 0.6) is 17.2 Å². The van der Waals surface area contributed by atoms with Gasteiger partial charge in [0.2, 0.25) is 5.75 Å². The number of rotatable bonds is 7. The molecular formula is C30H26ClNO5. The molecule has 0 aliphatic heterocycles. The van der Waals surface area contributed by atoms with Gasteiger partial charge in [-0.2, -0.15) is 0 Å². The van der Waals surface area contributed by atoms with Crippen LogP contribution in [0, 0.1) is 0 Å². The van der Waals surface area contributed by atoms with Crippen molar-refractivity contribution >= 4 is 40.1 Å². The minimum atomic E-state index is -0.385. The van der Waals surface area contributed by atoms with Crippen LogP contribution in [-0.2, 0) is 17.8 Å². The lowest BCUT2D eigenvalue weighted by Gasteiger charge is -2.14. The van der Waals surface area contributed by atoms with Gasteiger partial charge in [-0.05, 0) is 59.9 Å². The number of carbonyl (C=O) groups is 1. The molecule has 37 heavy (non-hydrogen) atoms. The Morgan fingerprint density at radius 2 is 1.65 bits per heavy atom. The quantitative estimate of drug-likeness (QED) is 0.253. The van der Waals surface area contributed by atoms with Crippen LogP contribution in [0.3, 0.4) is 0 Å². The number of benzene rings is 3. The summed E-state index contributed by atoms with van der Waals surface area (Å²) in [5.74, 6) is 1.29. The maximum Gasteiger partial charge on any atom is 0.339 e. The highest BCUT2D eigenvalue weighted by molar-refractivity contribution is 6.31. The van der Waals surface area contributed by atoms with E-state index in [-0.39, 0.29) is 12.6 Å². The van der Waals surface area contributed by atoms with Crippen LogP contribution in [-0.4, -0.2) is 32.3 Å². The summed E-state index contributed by atoms with van der Waals surface area (Å²) < 4.78 is 22.2. The summed E-state index contributed by atoms with van der Waals surface area (Å²) >= 11 is 6.27. The number of hydrogen-bond acceptors (Lipinski definition) is 6. The fourth-order valence-corrected chi connectivity index (χ4v) is 4.92.